The number of carbonyl (C=O) groups excluding carboxylic acids is 1. The second kappa shape index (κ2) is 6.22. The van der Waals surface area contributed by atoms with Crippen molar-refractivity contribution >= 4 is 11.8 Å². The average Bonchev–Trinajstić information content (AvgIpc) is 3.16. The van der Waals surface area contributed by atoms with Crippen LogP contribution in [0.1, 0.15) is 54.6 Å². The minimum Gasteiger partial charge on any atom is -0.462 e. The van der Waals surface area contributed by atoms with Gasteiger partial charge in [0.15, 0.2) is 0 Å². The molecule has 0 bridgehead atoms. The lowest BCUT2D eigenvalue weighted by Gasteiger charge is -2.08. The first-order valence-electron chi connectivity index (χ1n) is 7.83. The number of hydrogen-bond acceptors (Lipinski definition) is 4. The van der Waals surface area contributed by atoms with Gasteiger partial charge in [-0.25, -0.2) is 9.48 Å². The molecule has 0 spiro atoms. The van der Waals surface area contributed by atoms with Crippen LogP contribution in [0.4, 0.5) is 5.82 Å². The summed E-state index contributed by atoms with van der Waals surface area (Å²) in [6.45, 7) is 2.13. The van der Waals surface area contributed by atoms with E-state index in [0.29, 0.717) is 23.9 Å². The molecule has 5 nitrogen and oxygen atoms in total. The Morgan fingerprint density at radius 2 is 2.00 bits per heavy atom. The van der Waals surface area contributed by atoms with Crippen LogP contribution >= 0.6 is 0 Å². The third kappa shape index (κ3) is 2.58. The standard InChI is InChI=1S/C17H21N3O2/c1-2-22-17(21)14-15(12-8-6-7-9-12)19-20(16(14)18)13-10-4-3-5-11-13/h3-5,10-12H,2,6-9,18H2,1H3. The fourth-order valence-corrected chi connectivity index (χ4v) is 3.11. The predicted molar refractivity (Wildman–Crippen MR) is 85.1 cm³/mol. The molecule has 1 heterocycles. The summed E-state index contributed by atoms with van der Waals surface area (Å²) >= 11 is 0. The van der Waals surface area contributed by atoms with Crippen LogP contribution in [0.25, 0.3) is 5.69 Å². The van der Waals surface area contributed by atoms with Crippen molar-refractivity contribution < 1.29 is 9.53 Å². The van der Waals surface area contributed by atoms with Crippen molar-refractivity contribution in [1.82, 2.24) is 9.78 Å². The topological polar surface area (TPSA) is 70.1 Å². The van der Waals surface area contributed by atoms with Gasteiger partial charge in [0.25, 0.3) is 0 Å². The molecule has 2 aromatic rings. The van der Waals surface area contributed by atoms with Crippen molar-refractivity contribution in [2.24, 2.45) is 0 Å². The number of aromatic nitrogens is 2. The fraction of sp³-hybridized carbons (Fsp3) is 0.412. The highest BCUT2D eigenvalue weighted by molar-refractivity contribution is 5.96. The summed E-state index contributed by atoms with van der Waals surface area (Å²) in [6, 6.07) is 9.65. The highest BCUT2D eigenvalue weighted by atomic mass is 16.5. The molecular formula is C17H21N3O2. The minimum absolute atomic E-state index is 0.298. The minimum atomic E-state index is -0.371. The summed E-state index contributed by atoms with van der Waals surface area (Å²) in [5.41, 5.74) is 8.32. The van der Waals surface area contributed by atoms with Gasteiger partial charge in [0.1, 0.15) is 11.4 Å². The van der Waals surface area contributed by atoms with Gasteiger partial charge in [-0.3, -0.25) is 0 Å². The largest absolute Gasteiger partial charge is 0.462 e. The molecule has 1 aromatic heterocycles. The zero-order chi connectivity index (χ0) is 15.5. The maximum absolute atomic E-state index is 12.3. The number of nitrogens with two attached hydrogens (primary N) is 1. The van der Waals surface area contributed by atoms with E-state index in [1.54, 1.807) is 11.6 Å². The summed E-state index contributed by atoms with van der Waals surface area (Å²) in [7, 11) is 0. The van der Waals surface area contributed by atoms with Crippen LogP contribution < -0.4 is 5.73 Å². The van der Waals surface area contributed by atoms with Crippen molar-refractivity contribution in [3.63, 3.8) is 0 Å². The quantitative estimate of drug-likeness (QED) is 0.879. The molecule has 0 atom stereocenters. The Kier molecular flexibility index (Phi) is 4.13. The van der Waals surface area contributed by atoms with Crippen LogP contribution in [0.5, 0.6) is 0 Å². The van der Waals surface area contributed by atoms with Crippen LogP contribution in [-0.2, 0) is 4.74 Å². The van der Waals surface area contributed by atoms with Crippen molar-refractivity contribution in [1.29, 1.82) is 0 Å². The van der Waals surface area contributed by atoms with Gasteiger partial charge < -0.3 is 10.5 Å². The van der Waals surface area contributed by atoms with E-state index in [0.717, 1.165) is 24.2 Å². The summed E-state index contributed by atoms with van der Waals surface area (Å²) in [5.74, 6) is 0.294. The number of para-hydroxylation sites is 1. The van der Waals surface area contributed by atoms with Gasteiger partial charge in [-0.15, -0.1) is 0 Å². The maximum Gasteiger partial charge on any atom is 0.343 e. The molecular weight excluding hydrogens is 278 g/mol. The number of rotatable bonds is 4. The number of anilines is 1. The lowest BCUT2D eigenvalue weighted by atomic mass is 10.00. The van der Waals surface area contributed by atoms with Crippen LogP contribution in [0.2, 0.25) is 0 Å². The Hall–Kier alpha value is -2.30. The predicted octanol–water partition coefficient (Wildman–Crippen LogP) is 3.29. The number of ether oxygens (including phenoxy) is 1. The molecule has 0 radical (unpaired) electrons. The summed E-state index contributed by atoms with van der Waals surface area (Å²) < 4.78 is 6.84. The number of carbonyl (C=O) groups is 1. The van der Waals surface area contributed by atoms with E-state index in [-0.39, 0.29) is 5.97 Å². The van der Waals surface area contributed by atoms with Crippen molar-refractivity contribution in [3.8, 4) is 5.69 Å². The Morgan fingerprint density at radius 1 is 1.32 bits per heavy atom. The smallest absolute Gasteiger partial charge is 0.343 e. The van der Waals surface area contributed by atoms with E-state index in [1.807, 2.05) is 30.3 Å². The molecule has 0 unspecified atom stereocenters. The highest BCUT2D eigenvalue weighted by Crippen LogP contribution is 2.37. The van der Waals surface area contributed by atoms with E-state index in [9.17, 15) is 4.79 Å². The van der Waals surface area contributed by atoms with Crippen LogP contribution in [0, 0.1) is 0 Å². The monoisotopic (exact) mass is 299 g/mol. The van der Waals surface area contributed by atoms with Gasteiger partial charge in [-0.2, -0.15) is 5.10 Å². The average molecular weight is 299 g/mol. The van der Waals surface area contributed by atoms with Gasteiger partial charge in [0.2, 0.25) is 0 Å². The molecule has 116 valence electrons. The lowest BCUT2D eigenvalue weighted by molar-refractivity contribution is 0.0526. The molecule has 1 fully saturated rings. The van der Waals surface area contributed by atoms with Crippen LogP contribution in [0.15, 0.2) is 30.3 Å². The van der Waals surface area contributed by atoms with E-state index < -0.39 is 0 Å². The second-order valence-electron chi connectivity index (χ2n) is 5.59. The number of benzene rings is 1. The van der Waals surface area contributed by atoms with E-state index in [4.69, 9.17) is 10.5 Å². The molecule has 0 saturated heterocycles. The third-order valence-corrected chi connectivity index (χ3v) is 4.17. The Morgan fingerprint density at radius 3 is 2.64 bits per heavy atom. The van der Waals surface area contributed by atoms with Gasteiger partial charge in [-0.05, 0) is 31.9 Å². The Bertz CT molecular complexity index is 658. The van der Waals surface area contributed by atoms with Crippen molar-refractivity contribution in [2.45, 2.75) is 38.5 Å². The first-order chi connectivity index (χ1) is 10.7. The van der Waals surface area contributed by atoms with Gasteiger partial charge in [-0.1, -0.05) is 31.0 Å². The molecule has 1 aliphatic carbocycles. The van der Waals surface area contributed by atoms with Gasteiger partial charge in [0.05, 0.1) is 18.0 Å². The van der Waals surface area contributed by atoms with E-state index >= 15 is 0 Å². The highest BCUT2D eigenvalue weighted by Gasteiger charge is 2.30. The van der Waals surface area contributed by atoms with E-state index in [2.05, 4.69) is 5.10 Å². The third-order valence-electron chi connectivity index (χ3n) is 4.17. The van der Waals surface area contributed by atoms with Crippen LogP contribution in [0.3, 0.4) is 0 Å². The van der Waals surface area contributed by atoms with E-state index in [1.165, 1.54) is 12.8 Å². The molecule has 1 saturated carbocycles. The Labute approximate surface area is 130 Å². The molecule has 1 aromatic carbocycles. The first kappa shape index (κ1) is 14.6. The molecule has 5 heteroatoms. The Balaban J connectivity index is 2.09. The molecule has 0 amide bonds. The summed E-state index contributed by atoms with van der Waals surface area (Å²) in [4.78, 5) is 12.3. The molecule has 1 aliphatic rings. The number of hydrogen-bond donors (Lipinski definition) is 1. The van der Waals surface area contributed by atoms with Gasteiger partial charge in [0, 0.05) is 5.92 Å². The second-order valence-corrected chi connectivity index (χ2v) is 5.59. The summed E-state index contributed by atoms with van der Waals surface area (Å²) in [6.07, 6.45) is 4.45. The molecule has 0 aliphatic heterocycles. The lowest BCUT2D eigenvalue weighted by Crippen LogP contribution is -2.11. The summed E-state index contributed by atoms with van der Waals surface area (Å²) in [5, 5.41) is 4.66. The normalized spacial score (nSPS) is 15.1. The van der Waals surface area contributed by atoms with Crippen molar-refractivity contribution in [2.75, 3.05) is 12.3 Å². The number of nitrogen functional groups attached to an aromatic ring is 1. The fourth-order valence-electron chi connectivity index (χ4n) is 3.11. The maximum atomic E-state index is 12.3. The zero-order valence-electron chi connectivity index (χ0n) is 12.8. The number of esters is 1. The van der Waals surface area contributed by atoms with Crippen LogP contribution in [-0.4, -0.2) is 22.4 Å². The molecule has 3 rings (SSSR count). The SMILES string of the molecule is CCOC(=O)c1c(C2CCCC2)nn(-c2ccccc2)c1N. The number of nitrogens with zero attached hydrogens (tertiary/aromatic N) is 2. The molecule has 2 N–H and O–H groups in total. The zero-order valence-corrected chi connectivity index (χ0v) is 12.8. The first-order valence-corrected chi connectivity index (χ1v) is 7.83. The van der Waals surface area contributed by atoms with Gasteiger partial charge >= 0.3 is 5.97 Å². The molecule has 22 heavy (non-hydrogen) atoms. The van der Waals surface area contributed by atoms with Crippen molar-refractivity contribution in [3.05, 3.63) is 41.6 Å².